The Bertz CT molecular complexity index is 454. The molecule has 1 saturated carbocycles. The van der Waals surface area contributed by atoms with E-state index in [9.17, 15) is 9.90 Å². The molecule has 1 aliphatic carbocycles. The van der Waals surface area contributed by atoms with E-state index in [1.54, 1.807) is 12.1 Å². The summed E-state index contributed by atoms with van der Waals surface area (Å²) in [5, 5.41) is 21.8. The first kappa shape index (κ1) is 13.8. The number of carbonyl (C=O) groups is 1. The number of anilines is 1. The molecule has 0 bridgehead atoms. The third kappa shape index (κ3) is 3.23. The Kier molecular flexibility index (Phi) is 4.04. The maximum Gasteiger partial charge on any atom is 0.354 e. The van der Waals surface area contributed by atoms with Gasteiger partial charge in [0.25, 0.3) is 0 Å². The van der Waals surface area contributed by atoms with Crippen molar-refractivity contribution in [2.45, 2.75) is 38.1 Å². The third-order valence-corrected chi connectivity index (χ3v) is 3.90. The molecule has 0 unspecified atom stereocenters. The van der Waals surface area contributed by atoms with Crippen LogP contribution in [0, 0.1) is 5.92 Å². The van der Waals surface area contributed by atoms with Crippen LogP contribution in [0.5, 0.6) is 0 Å². The predicted octanol–water partition coefficient (Wildman–Crippen LogP) is 2.13. The molecule has 0 radical (unpaired) electrons. The highest BCUT2D eigenvalue weighted by atomic mass is 16.4. The summed E-state index contributed by atoms with van der Waals surface area (Å²) in [5.41, 5.74) is -0.348. The van der Waals surface area contributed by atoms with Crippen LogP contribution in [-0.4, -0.2) is 33.3 Å². The van der Waals surface area contributed by atoms with Gasteiger partial charge in [-0.05, 0) is 43.7 Å². The number of hydrogen-bond donors (Lipinski definition) is 3. The second kappa shape index (κ2) is 5.57. The van der Waals surface area contributed by atoms with Gasteiger partial charge < -0.3 is 15.5 Å². The fraction of sp³-hybridized carbons (Fsp3) is 0.571. The van der Waals surface area contributed by atoms with Crippen molar-refractivity contribution in [3.8, 4) is 0 Å². The predicted molar refractivity (Wildman–Crippen MR) is 72.3 cm³/mol. The molecule has 104 valence electrons. The Morgan fingerprint density at radius 1 is 1.47 bits per heavy atom. The Labute approximate surface area is 112 Å². The minimum Gasteiger partial charge on any atom is -0.477 e. The SMILES string of the molecule is CC1CCC(CO)(Nc2cccc(C(=O)O)n2)CC1. The average molecular weight is 264 g/mol. The van der Waals surface area contributed by atoms with Crippen molar-refractivity contribution in [1.82, 2.24) is 4.98 Å². The summed E-state index contributed by atoms with van der Waals surface area (Å²) < 4.78 is 0. The van der Waals surface area contributed by atoms with Crippen LogP contribution in [0.15, 0.2) is 18.2 Å². The van der Waals surface area contributed by atoms with Crippen molar-refractivity contribution in [3.63, 3.8) is 0 Å². The number of rotatable bonds is 4. The van der Waals surface area contributed by atoms with Crippen LogP contribution in [-0.2, 0) is 0 Å². The lowest BCUT2D eigenvalue weighted by Gasteiger charge is -2.39. The fourth-order valence-corrected chi connectivity index (χ4v) is 2.53. The van der Waals surface area contributed by atoms with Crippen LogP contribution in [0.25, 0.3) is 0 Å². The summed E-state index contributed by atoms with van der Waals surface area (Å²) in [4.78, 5) is 15.0. The molecule has 0 saturated heterocycles. The third-order valence-electron chi connectivity index (χ3n) is 3.90. The first-order valence-electron chi connectivity index (χ1n) is 6.64. The van der Waals surface area contributed by atoms with Gasteiger partial charge in [0.15, 0.2) is 5.69 Å². The first-order chi connectivity index (χ1) is 9.04. The lowest BCUT2D eigenvalue weighted by atomic mass is 9.77. The summed E-state index contributed by atoms with van der Waals surface area (Å²) in [6, 6.07) is 4.86. The van der Waals surface area contributed by atoms with Gasteiger partial charge in [0.1, 0.15) is 5.82 Å². The van der Waals surface area contributed by atoms with Crippen molar-refractivity contribution in [2.24, 2.45) is 5.92 Å². The molecule has 3 N–H and O–H groups in total. The largest absolute Gasteiger partial charge is 0.477 e. The van der Waals surface area contributed by atoms with Crippen molar-refractivity contribution < 1.29 is 15.0 Å². The molecule has 1 fully saturated rings. The monoisotopic (exact) mass is 264 g/mol. The molecule has 19 heavy (non-hydrogen) atoms. The number of hydrogen-bond acceptors (Lipinski definition) is 4. The molecule has 5 nitrogen and oxygen atoms in total. The number of carboxylic acids is 1. The summed E-state index contributed by atoms with van der Waals surface area (Å²) in [5.74, 6) is 0.155. The molecule has 1 heterocycles. The van der Waals surface area contributed by atoms with E-state index in [0.29, 0.717) is 11.7 Å². The Morgan fingerprint density at radius 3 is 2.74 bits per heavy atom. The van der Waals surface area contributed by atoms with Gasteiger partial charge in [0, 0.05) is 0 Å². The second-order valence-electron chi connectivity index (χ2n) is 5.46. The van der Waals surface area contributed by atoms with E-state index in [1.165, 1.54) is 6.07 Å². The van der Waals surface area contributed by atoms with Crippen LogP contribution in [0.1, 0.15) is 43.1 Å². The number of carboxylic acid groups (broad SMARTS) is 1. The highest BCUT2D eigenvalue weighted by molar-refractivity contribution is 5.85. The smallest absolute Gasteiger partial charge is 0.354 e. The summed E-state index contributed by atoms with van der Waals surface area (Å²) >= 11 is 0. The van der Waals surface area contributed by atoms with Gasteiger partial charge in [0.2, 0.25) is 0 Å². The number of aromatic nitrogens is 1. The zero-order chi connectivity index (χ0) is 13.9. The number of nitrogens with zero attached hydrogens (tertiary/aromatic N) is 1. The minimum absolute atomic E-state index is 0.0160. The van der Waals surface area contributed by atoms with Gasteiger partial charge in [-0.2, -0.15) is 0 Å². The van der Waals surface area contributed by atoms with Gasteiger partial charge >= 0.3 is 5.97 Å². The molecule has 5 heteroatoms. The number of aromatic carboxylic acids is 1. The van der Waals surface area contributed by atoms with Gasteiger partial charge in [-0.15, -0.1) is 0 Å². The number of pyridine rings is 1. The average Bonchev–Trinajstić information content (AvgIpc) is 2.42. The molecule has 0 aromatic carbocycles. The molecule has 1 aromatic heterocycles. The normalized spacial score (nSPS) is 26.9. The van der Waals surface area contributed by atoms with E-state index in [-0.39, 0.29) is 17.8 Å². The number of nitrogens with one attached hydrogen (secondary N) is 1. The van der Waals surface area contributed by atoms with Crippen LogP contribution in [0.3, 0.4) is 0 Å². The van der Waals surface area contributed by atoms with Gasteiger partial charge in [-0.3, -0.25) is 0 Å². The number of aliphatic hydroxyl groups excluding tert-OH is 1. The van der Waals surface area contributed by atoms with E-state index in [4.69, 9.17) is 5.11 Å². The first-order valence-corrected chi connectivity index (χ1v) is 6.64. The lowest BCUT2D eigenvalue weighted by molar-refractivity contribution is 0.0690. The lowest BCUT2D eigenvalue weighted by Crippen LogP contribution is -2.45. The maximum atomic E-state index is 10.9. The van der Waals surface area contributed by atoms with E-state index in [1.807, 2.05) is 0 Å². The molecule has 1 aliphatic rings. The van der Waals surface area contributed by atoms with Crippen LogP contribution < -0.4 is 5.32 Å². The van der Waals surface area contributed by atoms with Gasteiger partial charge in [0.05, 0.1) is 12.1 Å². The zero-order valence-electron chi connectivity index (χ0n) is 11.1. The molecular formula is C14H20N2O3. The fourth-order valence-electron chi connectivity index (χ4n) is 2.53. The maximum absolute atomic E-state index is 10.9. The standard InChI is InChI=1S/C14H20N2O3/c1-10-5-7-14(9-17,8-6-10)16-12-4-2-3-11(15-12)13(18)19/h2-4,10,17H,5-9H2,1H3,(H,15,16)(H,18,19). The highest BCUT2D eigenvalue weighted by Gasteiger charge is 2.33. The van der Waals surface area contributed by atoms with E-state index in [2.05, 4.69) is 17.2 Å². The second-order valence-corrected chi connectivity index (χ2v) is 5.46. The van der Waals surface area contributed by atoms with Crippen molar-refractivity contribution in [1.29, 1.82) is 0 Å². The number of aliphatic hydroxyl groups is 1. The van der Waals surface area contributed by atoms with Gasteiger partial charge in [-0.25, -0.2) is 9.78 Å². The van der Waals surface area contributed by atoms with Crippen molar-refractivity contribution >= 4 is 11.8 Å². The van der Waals surface area contributed by atoms with Crippen LogP contribution in [0.2, 0.25) is 0 Å². The molecule has 0 atom stereocenters. The van der Waals surface area contributed by atoms with Gasteiger partial charge in [-0.1, -0.05) is 13.0 Å². The molecule has 0 aliphatic heterocycles. The topological polar surface area (TPSA) is 82.5 Å². The molecular weight excluding hydrogens is 244 g/mol. The minimum atomic E-state index is -1.04. The molecule has 0 amide bonds. The van der Waals surface area contributed by atoms with Crippen LogP contribution in [0.4, 0.5) is 5.82 Å². The van der Waals surface area contributed by atoms with E-state index in [0.717, 1.165) is 25.7 Å². The van der Waals surface area contributed by atoms with Crippen molar-refractivity contribution in [2.75, 3.05) is 11.9 Å². The summed E-state index contributed by atoms with van der Waals surface area (Å²) in [7, 11) is 0. The summed E-state index contributed by atoms with van der Waals surface area (Å²) in [6.07, 6.45) is 3.88. The summed E-state index contributed by atoms with van der Waals surface area (Å²) in [6.45, 7) is 2.25. The zero-order valence-corrected chi connectivity index (χ0v) is 11.1. The Morgan fingerprint density at radius 2 is 2.16 bits per heavy atom. The molecule has 2 rings (SSSR count). The molecule has 1 aromatic rings. The Balaban J connectivity index is 2.14. The Hall–Kier alpha value is -1.62. The quantitative estimate of drug-likeness (QED) is 0.776. The highest BCUT2D eigenvalue weighted by Crippen LogP contribution is 2.33. The molecule has 0 spiro atoms. The van der Waals surface area contributed by atoms with Crippen LogP contribution >= 0.6 is 0 Å². The van der Waals surface area contributed by atoms with Crippen molar-refractivity contribution in [3.05, 3.63) is 23.9 Å². The van der Waals surface area contributed by atoms with E-state index < -0.39 is 5.97 Å². The van der Waals surface area contributed by atoms with E-state index >= 15 is 0 Å².